The van der Waals surface area contributed by atoms with Crippen molar-refractivity contribution in [2.75, 3.05) is 19.6 Å². The fourth-order valence-electron chi connectivity index (χ4n) is 2.51. The Hall–Kier alpha value is -1.17. The number of hydrogen-bond acceptors (Lipinski definition) is 4. The van der Waals surface area contributed by atoms with Gasteiger partial charge in [0.25, 0.3) is 0 Å². The zero-order valence-corrected chi connectivity index (χ0v) is 19.7. The first-order valence-corrected chi connectivity index (χ1v) is 10.9. The van der Waals surface area contributed by atoms with E-state index in [1.807, 2.05) is 19.1 Å². The van der Waals surface area contributed by atoms with Crippen molar-refractivity contribution in [2.24, 2.45) is 4.99 Å². The van der Waals surface area contributed by atoms with Crippen molar-refractivity contribution >= 4 is 51.3 Å². The van der Waals surface area contributed by atoms with E-state index in [4.69, 9.17) is 0 Å². The Kier molecular flexibility index (Phi) is 10.3. The van der Waals surface area contributed by atoms with Gasteiger partial charge in [0.05, 0.1) is 12.6 Å². The van der Waals surface area contributed by atoms with Crippen LogP contribution in [0.4, 0.5) is 0 Å². The van der Waals surface area contributed by atoms with E-state index < -0.39 is 10.0 Å². The number of benzene rings is 1. The molecule has 1 atom stereocenters. The normalized spacial score (nSPS) is 12.9. The molecule has 0 radical (unpaired) electrons. The van der Waals surface area contributed by atoms with Gasteiger partial charge in [-0.1, -0.05) is 30.3 Å². The monoisotopic (exact) mass is 522 g/mol. The maximum absolute atomic E-state index is 12.1. The SMILES string of the molecule is CCNC(=NCCNS(=O)(=O)c1cccs1)NC(C)c1ccccc1C.I. The van der Waals surface area contributed by atoms with Crippen LogP contribution in [0, 0.1) is 6.92 Å². The summed E-state index contributed by atoms with van der Waals surface area (Å²) in [5.74, 6) is 0.665. The Balaban J connectivity index is 0.00000364. The summed E-state index contributed by atoms with van der Waals surface area (Å²) >= 11 is 1.20. The molecule has 1 heterocycles. The predicted octanol–water partition coefficient (Wildman–Crippen LogP) is 3.27. The van der Waals surface area contributed by atoms with E-state index >= 15 is 0 Å². The molecule has 0 fully saturated rings. The Morgan fingerprint density at radius 2 is 1.96 bits per heavy atom. The predicted molar refractivity (Wildman–Crippen MR) is 124 cm³/mol. The Morgan fingerprint density at radius 3 is 2.59 bits per heavy atom. The van der Waals surface area contributed by atoms with Gasteiger partial charge in [-0.3, -0.25) is 4.99 Å². The summed E-state index contributed by atoms with van der Waals surface area (Å²) < 4.78 is 27.1. The van der Waals surface area contributed by atoms with E-state index in [0.29, 0.717) is 16.7 Å². The fraction of sp³-hybridized carbons (Fsp3) is 0.389. The van der Waals surface area contributed by atoms with E-state index in [9.17, 15) is 8.42 Å². The number of aryl methyl sites for hydroxylation is 1. The van der Waals surface area contributed by atoms with E-state index in [-0.39, 0.29) is 36.6 Å². The second-order valence-electron chi connectivity index (χ2n) is 5.81. The average Bonchev–Trinajstić information content (AvgIpc) is 3.14. The Morgan fingerprint density at radius 1 is 1.22 bits per heavy atom. The van der Waals surface area contributed by atoms with Crippen LogP contribution in [0.15, 0.2) is 51.0 Å². The van der Waals surface area contributed by atoms with Crippen LogP contribution in [0.5, 0.6) is 0 Å². The third-order valence-electron chi connectivity index (χ3n) is 3.79. The van der Waals surface area contributed by atoms with Crippen molar-refractivity contribution in [2.45, 2.75) is 31.0 Å². The molecule has 9 heteroatoms. The van der Waals surface area contributed by atoms with Gasteiger partial charge >= 0.3 is 0 Å². The van der Waals surface area contributed by atoms with Crippen molar-refractivity contribution in [3.8, 4) is 0 Å². The minimum atomic E-state index is -3.44. The van der Waals surface area contributed by atoms with Crippen LogP contribution in [0.2, 0.25) is 0 Å². The molecule has 6 nitrogen and oxygen atoms in total. The van der Waals surface area contributed by atoms with Crippen LogP contribution >= 0.6 is 35.3 Å². The highest BCUT2D eigenvalue weighted by Crippen LogP contribution is 2.16. The van der Waals surface area contributed by atoms with Crippen LogP contribution in [-0.2, 0) is 10.0 Å². The summed E-state index contributed by atoms with van der Waals surface area (Å²) in [6.45, 7) is 7.48. The molecule has 0 aliphatic rings. The van der Waals surface area contributed by atoms with Gasteiger partial charge in [0.1, 0.15) is 4.21 Å². The summed E-state index contributed by atoms with van der Waals surface area (Å²) in [7, 11) is -3.44. The topological polar surface area (TPSA) is 82.6 Å². The summed E-state index contributed by atoms with van der Waals surface area (Å²) in [6.07, 6.45) is 0. The van der Waals surface area contributed by atoms with Crippen LogP contribution in [0.25, 0.3) is 0 Å². The fourth-order valence-corrected chi connectivity index (χ4v) is 4.57. The van der Waals surface area contributed by atoms with Crippen molar-refractivity contribution in [3.05, 3.63) is 52.9 Å². The molecule has 150 valence electrons. The number of rotatable bonds is 8. The Labute approximate surface area is 182 Å². The second-order valence-corrected chi connectivity index (χ2v) is 8.75. The second kappa shape index (κ2) is 11.6. The van der Waals surface area contributed by atoms with E-state index in [0.717, 1.165) is 6.54 Å². The molecule has 0 aliphatic heterocycles. The first kappa shape index (κ1) is 23.9. The zero-order chi connectivity index (χ0) is 19.0. The lowest BCUT2D eigenvalue weighted by molar-refractivity contribution is 0.584. The highest BCUT2D eigenvalue weighted by molar-refractivity contribution is 14.0. The van der Waals surface area contributed by atoms with Gasteiger partial charge in [0.2, 0.25) is 10.0 Å². The number of sulfonamides is 1. The van der Waals surface area contributed by atoms with E-state index in [2.05, 4.69) is 46.3 Å². The van der Waals surface area contributed by atoms with Crippen LogP contribution < -0.4 is 15.4 Å². The number of guanidine groups is 1. The minimum Gasteiger partial charge on any atom is -0.357 e. The first-order valence-electron chi connectivity index (χ1n) is 8.57. The Bertz CT molecular complexity index is 824. The highest BCUT2D eigenvalue weighted by Gasteiger charge is 2.14. The zero-order valence-electron chi connectivity index (χ0n) is 15.7. The molecular weight excluding hydrogens is 495 g/mol. The largest absolute Gasteiger partial charge is 0.357 e. The van der Waals surface area contributed by atoms with Gasteiger partial charge in [-0.2, -0.15) is 0 Å². The highest BCUT2D eigenvalue weighted by atomic mass is 127. The smallest absolute Gasteiger partial charge is 0.250 e. The summed E-state index contributed by atoms with van der Waals surface area (Å²) in [5.41, 5.74) is 2.42. The lowest BCUT2D eigenvalue weighted by Gasteiger charge is -2.19. The molecule has 0 bridgehead atoms. The van der Waals surface area contributed by atoms with E-state index in [1.165, 1.54) is 22.5 Å². The summed E-state index contributed by atoms with van der Waals surface area (Å²) in [6, 6.07) is 11.6. The molecule has 1 aromatic heterocycles. The number of nitrogens with one attached hydrogen (secondary N) is 3. The third-order valence-corrected chi connectivity index (χ3v) is 6.64. The molecule has 0 saturated carbocycles. The van der Waals surface area contributed by atoms with Crippen LogP contribution in [-0.4, -0.2) is 34.0 Å². The van der Waals surface area contributed by atoms with Crippen molar-refractivity contribution in [1.29, 1.82) is 0 Å². The molecule has 0 amide bonds. The van der Waals surface area contributed by atoms with Gasteiger partial charge in [-0.15, -0.1) is 35.3 Å². The number of hydrogen-bond donors (Lipinski definition) is 3. The number of aliphatic imine (C=N–C) groups is 1. The maximum atomic E-state index is 12.1. The van der Waals surface area contributed by atoms with Crippen LogP contribution in [0.3, 0.4) is 0 Å². The van der Waals surface area contributed by atoms with Gasteiger partial charge in [0, 0.05) is 13.1 Å². The van der Waals surface area contributed by atoms with Crippen molar-refractivity contribution < 1.29 is 8.42 Å². The van der Waals surface area contributed by atoms with E-state index in [1.54, 1.807) is 17.5 Å². The molecule has 1 aromatic carbocycles. The quantitative estimate of drug-likeness (QED) is 0.215. The third kappa shape index (κ3) is 7.40. The van der Waals surface area contributed by atoms with Gasteiger partial charge in [-0.05, 0) is 43.3 Å². The lowest BCUT2D eigenvalue weighted by Crippen LogP contribution is -2.39. The molecule has 0 spiro atoms. The molecule has 3 N–H and O–H groups in total. The average molecular weight is 522 g/mol. The number of halogens is 1. The molecule has 0 aliphatic carbocycles. The number of nitrogens with zero attached hydrogens (tertiary/aromatic N) is 1. The van der Waals surface area contributed by atoms with Gasteiger partial charge in [-0.25, -0.2) is 13.1 Å². The van der Waals surface area contributed by atoms with Crippen LogP contribution in [0.1, 0.15) is 31.0 Å². The molecule has 0 saturated heterocycles. The van der Waals surface area contributed by atoms with Crippen molar-refractivity contribution in [3.63, 3.8) is 0 Å². The van der Waals surface area contributed by atoms with Gasteiger partial charge < -0.3 is 10.6 Å². The maximum Gasteiger partial charge on any atom is 0.250 e. The number of thiophene rings is 1. The molecule has 27 heavy (non-hydrogen) atoms. The lowest BCUT2D eigenvalue weighted by atomic mass is 10.0. The van der Waals surface area contributed by atoms with Gasteiger partial charge in [0.15, 0.2) is 5.96 Å². The standard InChI is InChI=1S/C18H26N4O2S2.HI/c1-4-19-18(22-15(3)16-9-6-5-8-14(16)2)20-11-12-21-26(23,24)17-10-7-13-25-17;/h5-10,13,15,21H,4,11-12H2,1-3H3,(H2,19,20,22);1H. The molecular formula is C18H27IN4O2S2. The first-order chi connectivity index (χ1) is 12.4. The molecule has 2 aromatic rings. The summed E-state index contributed by atoms with van der Waals surface area (Å²) in [5, 5.41) is 8.30. The van der Waals surface area contributed by atoms with Crippen molar-refractivity contribution in [1.82, 2.24) is 15.4 Å². The summed E-state index contributed by atoms with van der Waals surface area (Å²) in [4.78, 5) is 4.46. The molecule has 2 rings (SSSR count). The minimum absolute atomic E-state index is 0. The molecule has 1 unspecified atom stereocenters.